The van der Waals surface area contributed by atoms with Crippen LogP contribution >= 0.6 is 0 Å². The van der Waals surface area contributed by atoms with Gasteiger partial charge in [-0.3, -0.25) is 0 Å². The predicted octanol–water partition coefficient (Wildman–Crippen LogP) is 2.55. The molecule has 1 aromatic carbocycles. The van der Waals surface area contributed by atoms with E-state index < -0.39 is 0 Å². The van der Waals surface area contributed by atoms with Crippen LogP contribution in [0.2, 0.25) is 0 Å². The standard InChI is InChI=1S/C14H19NO/c1-16-11-7-5-10(6-8-11)13-9-15-14-4-2-3-12(13)14/h5-8,12-15H,2-4,9H2,1H3/t12-,13-,14+/m1/s1. The maximum atomic E-state index is 5.20. The van der Waals surface area contributed by atoms with Crippen molar-refractivity contribution in [1.82, 2.24) is 5.32 Å². The maximum Gasteiger partial charge on any atom is 0.118 e. The number of fused-ring (bicyclic) bond motifs is 1. The first kappa shape index (κ1) is 10.2. The zero-order valence-electron chi connectivity index (χ0n) is 9.78. The van der Waals surface area contributed by atoms with E-state index in [2.05, 4.69) is 29.6 Å². The molecule has 1 saturated heterocycles. The Hall–Kier alpha value is -1.02. The van der Waals surface area contributed by atoms with Gasteiger partial charge in [0.25, 0.3) is 0 Å². The fourth-order valence-corrected chi connectivity index (χ4v) is 3.37. The van der Waals surface area contributed by atoms with Crippen LogP contribution in [0.25, 0.3) is 0 Å². The molecule has 1 aromatic rings. The molecule has 86 valence electrons. The molecular weight excluding hydrogens is 198 g/mol. The second-order valence-electron chi connectivity index (χ2n) is 4.99. The van der Waals surface area contributed by atoms with Crippen molar-refractivity contribution in [2.45, 2.75) is 31.2 Å². The average molecular weight is 217 g/mol. The molecule has 2 heteroatoms. The van der Waals surface area contributed by atoms with E-state index in [1.807, 2.05) is 0 Å². The molecule has 0 unspecified atom stereocenters. The van der Waals surface area contributed by atoms with Crippen LogP contribution in [0, 0.1) is 5.92 Å². The number of rotatable bonds is 2. The van der Waals surface area contributed by atoms with E-state index in [1.165, 1.54) is 24.8 Å². The predicted molar refractivity (Wildman–Crippen MR) is 64.9 cm³/mol. The van der Waals surface area contributed by atoms with E-state index in [0.29, 0.717) is 0 Å². The smallest absolute Gasteiger partial charge is 0.118 e. The van der Waals surface area contributed by atoms with Crippen LogP contribution in [0.15, 0.2) is 24.3 Å². The summed E-state index contributed by atoms with van der Waals surface area (Å²) in [5, 5.41) is 3.66. The van der Waals surface area contributed by atoms with Gasteiger partial charge in [-0.05, 0) is 36.5 Å². The second kappa shape index (κ2) is 4.10. The SMILES string of the molecule is COc1ccc([C@H]2CN[C@H]3CCC[C@@H]32)cc1. The molecule has 0 aromatic heterocycles. The number of hydrogen-bond donors (Lipinski definition) is 1. The molecule has 2 aliphatic rings. The average Bonchev–Trinajstić information content (AvgIpc) is 2.91. The van der Waals surface area contributed by atoms with Crippen LogP contribution in [0.4, 0.5) is 0 Å². The highest BCUT2D eigenvalue weighted by molar-refractivity contribution is 5.31. The van der Waals surface area contributed by atoms with Crippen molar-refractivity contribution in [3.63, 3.8) is 0 Å². The number of benzene rings is 1. The lowest BCUT2D eigenvalue weighted by atomic mass is 9.86. The minimum absolute atomic E-state index is 0.721. The monoisotopic (exact) mass is 217 g/mol. The Morgan fingerprint density at radius 1 is 1.19 bits per heavy atom. The van der Waals surface area contributed by atoms with Gasteiger partial charge in [-0.1, -0.05) is 18.6 Å². The Kier molecular flexibility index (Phi) is 2.60. The van der Waals surface area contributed by atoms with E-state index in [9.17, 15) is 0 Å². The van der Waals surface area contributed by atoms with Crippen molar-refractivity contribution in [2.24, 2.45) is 5.92 Å². The Labute approximate surface area is 97.0 Å². The van der Waals surface area contributed by atoms with Gasteiger partial charge in [-0.25, -0.2) is 0 Å². The summed E-state index contributed by atoms with van der Waals surface area (Å²) in [6.45, 7) is 1.15. The van der Waals surface area contributed by atoms with E-state index in [1.54, 1.807) is 7.11 Å². The number of nitrogens with one attached hydrogen (secondary N) is 1. The zero-order chi connectivity index (χ0) is 11.0. The van der Waals surface area contributed by atoms with E-state index >= 15 is 0 Å². The Bertz CT molecular complexity index is 360. The highest BCUT2D eigenvalue weighted by atomic mass is 16.5. The van der Waals surface area contributed by atoms with Gasteiger partial charge < -0.3 is 10.1 Å². The molecule has 1 aliphatic carbocycles. The Morgan fingerprint density at radius 3 is 2.75 bits per heavy atom. The largest absolute Gasteiger partial charge is 0.497 e. The van der Waals surface area contributed by atoms with Gasteiger partial charge >= 0.3 is 0 Å². The lowest BCUT2D eigenvalue weighted by molar-refractivity contribution is 0.414. The summed E-state index contributed by atoms with van der Waals surface area (Å²) < 4.78 is 5.20. The number of methoxy groups -OCH3 is 1. The number of hydrogen-bond acceptors (Lipinski definition) is 2. The van der Waals surface area contributed by atoms with Crippen molar-refractivity contribution >= 4 is 0 Å². The quantitative estimate of drug-likeness (QED) is 0.822. The zero-order valence-corrected chi connectivity index (χ0v) is 9.78. The molecule has 1 N–H and O–H groups in total. The molecular formula is C14H19NO. The third-order valence-corrected chi connectivity index (χ3v) is 4.23. The summed E-state index contributed by atoms with van der Waals surface area (Å²) in [4.78, 5) is 0. The van der Waals surface area contributed by atoms with Gasteiger partial charge in [-0.2, -0.15) is 0 Å². The lowest BCUT2D eigenvalue weighted by Gasteiger charge is -2.17. The first-order chi connectivity index (χ1) is 7.88. The minimum atomic E-state index is 0.721. The molecule has 1 heterocycles. The summed E-state index contributed by atoms with van der Waals surface area (Å²) in [6, 6.07) is 9.40. The van der Waals surface area contributed by atoms with Gasteiger partial charge in [-0.15, -0.1) is 0 Å². The molecule has 1 saturated carbocycles. The van der Waals surface area contributed by atoms with Crippen LogP contribution in [0.5, 0.6) is 5.75 Å². The van der Waals surface area contributed by atoms with Gasteiger partial charge in [0.1, 0.15) is 5.75 Å². The maximum absolute atomic E-state index is 5.20. The highest BCUT2D eigenvalue weighted by Gasteiger charge is 2.39. The lowest BCUT2D eigenvalue weighted by Crippen LogP contribution is -2.21. The molecule has 0 bridgehead atoms. The fourth-order valence-electron chi connectivity index (χ4n) is 3.37. The molecule has 0 radical (unpaired) electrons. The highest BCUT2D eigenvalue weighted by Crippen LogP contribution is 2.41. The van der Waals surface area contributed by atoms with Crippen LogP contribution in [-0.2, 0) is 0 Å². The molecule has 2 fully saturated rings. The molecule has 2 nitrogen and oxygen atoms in total. The topological polar surface area (TPSA) is 21.3 Å². The third-order valence-electron chi connectivity index (χ3n) is 4.23. The summed E-state index contributed by atoms with van der Waals surface area (Å²) in [6.07, 6.45) is 4.17. The molecule has 3 rings (SSSR count). The van der Waals surface area contributed by atoms with Gasteiger partial charge in [0.05, 0.1) is 7.11 Å². The van der Waals surface area contributed by atoms with E-state index in [0.717, 1.165) is 30.2 Å². The first-order valence-electron chi connectivity index (χ1n) is 6.26. The van der Waals surface area contributed by atoms with Crippen molar-refractivity contribution in [2.75, 3.05) is 13.7 Å². The van der Waals surface area contributed by atoms with Crippen molar-refractivity contribution < 1.29 is 4.74 Å². The molecule has 1 aliphatic heterocycles. The van der Waals surface area contributed by atoms with Gasteiger partial charge in [0.2, 0.25) is 0 Å². The van der Waals surface area contributed by atoms with Crippen molar-refractivity contribution in [1.29, 1.82) is 0 Å². The van der Waals surface area contributed by atoms with Gasteiger partial charge in [0.15, 0.2) is 0 Å². The molecule has 16 heavy (non-hydrogen) atoms. The van der Waals surface area contributed by atoms with Crippen LogP contribution < -0.4 is 10.1 Å². The normalized spacial score (nSPS) is 32.7. The Balaban J connectivity index is 1.81. The van der Waals surface area contributed by atoms with Crippen LogP contribution in [0.3, 0.4) is 0 Å². The van der Waals surface area contributed by atoms with Crippen molar-refractivity contribution in [3.8, 4) is 5.75 Å². The summed E-state index contributed by atoms with van der Waals surface area (Å²) in [7, 11) is 1.72. The fraction of sp³-hybridized carbons (Fsp3) is 0.571. The molecule has 3 atom stereocenters. The Morgan fingerprint density at radius 2 is 2.00 bits per heavy atom. The molecule has 0 amide bonds. The number of ether oxygens (including phenoxy) is 1. The summed E-state index contributed by atoms with van der Waals surface area (Å²) >= 11 is 0. The summed E-state index contributed by atoms with van der Waals surface area (Å²) in [5.41, 5.74) is 1.47. The van der Waals surface area contributed by atoms with Crippen molar-refractivity contribution in [3.05, 3.63) is 29.8 Å². The first-order valence-corrected chi connectivity index (χ1v) is 6.26. The molecule has 0 spiro atoms. The van der Waals surface area contributed by atoms with E-state index in [-0.39, 0.29) is 0 Å². The third kappa shape index (κ3) is 1.61. The van der Waals surface area contributed by atoms with E-state index in [4.69, 9.17) is 4.74 Å². The minimum Gasteiger partial charge on any atom is -0.497 e. The van der Waals surface area contributed by atoms with Gasteiger partial charge in [0, 0.05) is 18.5 Å². The van der Waals surface area contributed by atoms with Crippen LogP contribution in [-0.4, -0.2) is 19.7 Å². The summed E-state index contributed by atoms with van der Waals surface area (Å²) in [5.74, 6) is 2.55. The second-order valence-corrected chi connectivity index (χ2v) is 4.99. The van der Waals surface area contributed by atoms with Crippen LogP contribution in [0.1, 0.15) is 30.7 Å².